The van der Waals surface area contributed by atoms with Gasteiger partial charge in [0.25, 0.3) is 5.91 Å². The van der Waals surface area contributed by atoms with Crippen LogP contribution in [-0.4, -0.2) is 27.6 Å². The summed E-state index contributed by atoms with van der Waals surface area (Å²) in [6, 6.07) is 4.85. The minimum Gasteiger partial charge on any atom is -0.399 e. The molecule has 1 aromatic carbocycles. The highest BCUT2D eigenvalue weighted by Crippen LogP contribution is 2.15. The van der Waals surface area contributed by atoms with Gasteiger partial charge < -0.3 is 16.8 Å². The summed E-state index contributed by atoms with van der Waals surface area (Å²) in [5.41, 5.74) is 12.7. The highest BCUT2D eigenvalue weighted by atomic mass is 16.1. The summed E-state index contributed by atoms with van der Waals surface area (Å²) in [5.74, 6) is 0.608. The van der Waals surface area contributed by atoms with Gasteiger partial charge in [0.15, 0.2) is 0 Å². The van der Waals surface area contributed by atoms with Gasteiger partial charge in [-0.2, -0.15) is 5.10 Å². The van der Waals surface area contributed by atoms with Crippen LogP contribution in [0.4, 0.5) is 11.4 Å². The van der Waals surface area contributed by atoms with Gasteiger partial charge in [-0.1, -0.05) is 0 Å². The predicted molar refractivity (Wildman–Crippen MR) is 72.3 cm³/mol. The highest BCUT2D eigenvalue weighted by molar-refractivity contribution is 5.99. The molecule has 7 nitrogen and oxygen atoms in total. The monoisotopic (exact) mass is 260 g/mol. The molecule has 0 saturated carbocycles. The van der Waals surface area contributed by atoms with Crippen molar-refractivity contribution in [3.05, 3.63) is 35.9 Å². The summed E-state index contributed by atoms with van der Waals surface area (Å²) in [5, 5.41) is 9.32. The summed E-state index contributed by atoms with van der Waals surface area (Å²) in [4.78, 5) is 15.9. The number of carbonyl (C=O) groups is 1. The predicted octanol–water partition coefficient (Wildman–Crippen LogP) is 0.332. The number of hydrogen-bond donors (Lipinski definition) is 4. The number of nitrogens with one attached hydrogen (secondary N) is 2. The average molecular weight is 260 g/mol. The zero-order valence-electron chi connectivity index (χ0n) is 10.4. The number of nitrogens with two attached hydrogens (primary N) is 2. The van der Waals surface area contributed by atoms with Gasteiger partial charge in [0, 0.05) is 24.3 Å². The van der Waals surface area contributed by atoms with E-state index in [0.29, 0.717) is 23.5 Å². The first-order valence-corrected chi connectivity index (χ1v) is 5.94. The standard InChI is InChI=1S/C12H16N6O/c13-8-3-4-9(10(14)6-8)12(19)15-5-1-2-11-16-7-17-18-11/h3-4,6-7H,1-2,5,13-14H2,(H,15,19)(H,16,17,18). The molecule has 0 radical (unpaired) electrons. The van der Waals surface area contributed by atoms with Crippen molar-refractivity contribution in [2.75, 3.05) is 18.0 Å². The number of benzene rings is 1. The lowest BCUT2D eigenvalue weighted by Crippen LogP contribution is -2.25. The fourth-order valence-electron chi connectivity index (χ4n) is 1.69. The first-order chi connectivity index (χ1) is 9.16. The molecular formula is C12H16N6O. The maximum absolute atomic E-state index is 11.9. The molecule has 7 heteroatoms. The van der Waals surface area contributed by atoms with Crippen molar-refractivity contribution in [3.8, 4) is 0 Å². The van der Waals surface area contributed by atoms with Crippen molar-refractivity contribution in [2.45, 2.75) is 12.8 Å². The summed E-state index contributed by atoms with van der Waals surface area (Å²) < 4.78 is 0. The van der Waals surface area contributed by atoms with Crippen LogP contribution in [0.3, 0.4) is 0 Å². The molecule has 0 aliphatic rings. The van der Waals surface area contributed by atoms with Gasteiger partial charge in [-0.25, -0.2) is 4.98 Å². The third-order valence-corrected chi connectivity index (χ3v) is 2.66. The smallest absolute Gasteiger partial charge is 0.253 e. The summed E-state index contributed by atoms with van der Waals surface area (Å²) in [6.07, 6.45) is 2.97. The molecule has 0 atom stereocenters. The van der Waals surface area contributed by atoms with Crippen LogP contribution in [-0.2, 0) is 6.42 Å². The maximum Gasteiger partial charge on any atom is 0.253 e. The van der Waals surface area contributed by atoms with E-state index in [1.165, 1.54) is 6.33 Å². The van der Waals surface area contributed by atoms with Crippen LogP contribution in [0, 0.1) is 0 Å². The molecule has 1 amide bonds. The molecule has 2 aromatic rings. The van der Waals surface area contributed by atoms with Crippen LogP contribution in [0.2, 0.25) is 0 Å². The first kappa shape index (κ1) is 12.9. The molecular weight excluding hydrogens is 244 g/mol. The van der Waals surface area contributed by atoms with E-state index in [-0.39, 0.29) is 5.91 Å². The minimum absolute atomic E-state index is 0.199. The number of aryl methyl sites for hydroxylation is 1. The number of nitrogens with zero attached hydrogens (tertiary/aromatic N) is 2. The molecule has 19 heavy (non-hydrogen) atoms. The van der Waals surface area contributed by atoms with Crippen LogP contribution < -0.4 is 16.8 Å². The normalized spacial score (nSPS) is 10.3. The molecule has 0 fully saturated rings. The molecule has 100 valence electrons. The fourth-order valence-corrected chi connectivity index (χ4v) is 1.69. The number of hydrogen-bond acceptors (Lipinski definition) is 5. The molecule has 1 aromatic heterocycles. The molecule has 1 heterocycles. The van der Waals surface area contributed by atoms with Gasteiger partial charge in [0.1, 0.15) is 12.2 Å². The Morgan fingerprint density at radius 2 is 2.21 bits per heavy atom. The SMILES string of the molecule is Nc1ccc(C(=O)NCCCc2ncn[nH]2)c(N)c1. The molecule has 2 rings (SSSR count). The molecule has 6 N–H and O–H groups in total. The van der Waals surface area contributed by atoms with Crippen molar-refractivity contribution in [2.24, 2.45) is 0 Å². The second kappa shape index (κ2) is 5.85. The fraction of sp³-hybridized carbons (Fsp3) is 0.250. The lowest BCUT2D eigenvalue weighted by Gasteiger charge is -2.07. The van der Waals surface area contributed by atoms with Crippen molar-refractivity contribution >= 4 is 17.3 Å². The molecule has 0 aliphatic heterocycles. The van der Waals surface area contributed by atoms with Crippen LogP contribution >= 0.6 is 0 Å². The van der Waals surface area contributed by atoms with Crippen molar-refractivity contribution < 1.29 is 4.79 Å². The number of aromatic nitrogens is 3. The molecule has 0 bridgehead atoms. The zero-order chi connectivity index (χ0) is 13.7. The number of aromatic amines is 1. The Kier molecular flexibility index (Phi) is 3.97. The number of carbonyl (C=O) groups excluding carboxylic acids is 1. The number of nitrogen functional groups attached to an aromatic ring is 2. The number of H-pyrrole nitrogens is 1. The van der Waals surface area contributed by atoms with Crippen molar-refractivity contribution in [1.82, 2.24) is 20.5 Å². The molecule has 0 aliphatic carbocycles. The number of anilines is 2. The second-order valence-corrected chi connectivity index (χ2v) is 4.14. The van der Waals surface area contributed by atoms with Gasteiger partial charge in [0.05, 0.1) is 5.56 Å². The third kappa shape index (κ3) is 3.44. The Hall–Kier alpha value is -2.57. The number of amides is 1. The quantitative estimate of drug-likeness (QED) is 0.456. The third-order valence-electron chi connectivity index (χ3n) is 2.66. The lowest BCUT2D eigenvalue weighted by molar-refractivity contribution is 0.0954. The van der Waals surface area contributed by atoms with Gasteiger partial charge >= 0.3 is 0 Å². The molecule has 0 spiro atoms. The maximum atomic E-state index is 11.9. The van der Waals surface area contributed by atoms with Gasteiger partial charge in [0.2, 0.25) is 0 Å². The van der Waals surface area contributed by atoms with Crippen molar-refractivity contribution in [1.29, 1.82) is 0 Å². The lowest BCUT2D eigenvalue weighted by atomic mass is 10.1. The first-order valence-electron chi connectivity index (χ1n) is 5.94. The minimum atomic E-state index is -0.199. The molecule has 0 unspecified atom stereocenters. The Morgan fingerprint density at radius 1 is 1.37 bits per heavy atom. The highest BCUT2D eigenvalue weighted by Gasteiger charge is 2.08. The van der Waals surface area contributed by atoms with Crippen LogP contribution in [0.15, 0.2) is 24.5 Å². The Labute approximate surface area is 110 Å². The Balaban J connectivity index is 1.81. The Morgan fingerprint density at radius 3 is 2.89 bits per heavy atom. The topological polar surface area (TPSA) is 123 Å². The van der Waals surface area contributed by atoms with Gasteiger partial charge in [-0.05, 0) is 24.6 Å². The van der Waals surface area contributed by atoms with E-state index >= 15 is 0 Å². The van der Waals surface area contributed by atoms with E-state index in [1.807, 2.05) is 0 Å². The van der Waals surface area contributed by atoms with E-state index in [4.69, 9.17) is 11.5 Å². The van der Waals surface area contributed by atoms with Crippen LogP contribution in [0.5, 0.6) is 0 Å². The molecule has 0 saturated heterocycles. The average Bonchev–Trinajstić information content (AvgIpc) is 2.87. The van der Waals surface area contributed by atoms with Gasteiger partial charge in [-0.3, -0.25) is 9.89 Å². The van der Waals surface area contributed by atoms with E-state index in [0.717, 1.165) is 18.7 Å². The number of rotatable bonds is 5. The zero-order valence-corrected chi connectivity index (χ0v) is 10.4. The van der Waals surface area contributed by atoms with Crippen LogP contribution in [0.1, 0.15) is 22.6 Å². The largest absolute Gasteiger partial charge is 0.399 e. The summed E-state index contributed by atoms with van der Waals surface area (Å²) in [6.45, 7) is 0.545. The van der Waals surface area contributed by atoms with E-state index in [9.17, 15) is 4.79 Å². The Bertz CT molecular complexity index is 551. The summed E-state index contributed by atoms with van der Waals surface area (Å²) >= 11 is 0. The van der Waals surface area contributed by atoms with Crippen LogP contribution in [0.25, 0.3) is 0 Å². The van der Waals surface area contributed by atoms with E-state index in [2.05, 4.69) is 20.5 Å². The second-order valence-electron chi connectivity index (χ2n) is 4.14. The van der Waals surface area contributed by atoms with Crippen molar-refractivity contribution in [3.63, 3.8) is 0 Å². The summed E-state index contributed by atoms with van der Waals surface area (Å²) in [7, 11) is 0. The van der Waals surface area contributed by atoms with E-state index in [1.54, 1.807) is 18.2 Å². The van der Waals surface area contributed by atoms with E-state index < -0.39 is 0 Å². The van der Waals surface area contributed by atoms with Gasteiger partial charge in [-0.15, -0.1) is 0 Å².